The maximum Gasteiger partial charge on any atom is 0.268 e. The highest BCUT2D eigenvalue weighted by Gasteiger charge is 2.25. The number of rotatable bonds is 7. The zero-order valence-electron chi connectivity index (χ0n) is 15.8. The Bertz CT molecular complexity index is 962. The van der Waals surface area contributed by atoms with Gasteiger partial charge in [0.2, 0.25) is 0 Å². The molecule has 0 unspecified atom stereocenters. The van der Waals surface area contributed by atoms with Crippen LogP contribution in [-0.4, -0.2) is 35.6 Å². The summed E-state index contributed by atoms with van der Waals surface area (Å²) in [5.41, 5.74) is 1.49. The molecule has 0 bridgehead atoms. The summed E-state index contributed by atoms with van der Waals surface area (Å²) in [6.07, 6.45) is 3.36. The number of ether oxygens (including phenoxy) is 1. The summed E-state index contributed by atoms with van der Waals surface area (Å²) in [7, 11) is 1.75. The number of methoxy groups -OCH3 is 1. The zero-order valence-corrected chi connectivity index (χ0v) is 16.6. The van der Waals surface area contributed by atoms with Crippen LogP contribution in [0.1, 0.15) is 30.7 Å². The van der Waals surface area contributed by atoms with E-state index in [1.807, 2.05) is 34.3 Å². The first kappa shape index (κ1) is 18.3. The van der Waals surface area contributed by atoms with Gasteiger partial charge >= 0.3 is 0 Å². The van der Waals surface area contributed by atoms with Crippen molar-refractivity contribution in [3.8, 4) is 5.75 Å². The van der Waals surface area contributed by atoms with Crippen LogP contribution in [0.4, 0.5) is 0 Å². The first-order chi connectivity index (χ1) is 13.3. The van der Waals surface area contributed by atoms with Crippen LogP contribution in [0.25, 0.3) is 10.1 Å². The van der Waals surface area contributed by atoms with Crippen LogP contribution in [0.2, 0.25) is 0 Å². The molecule has 0 aliphatic carbocycles. The smallest absolute Gasteiger partial charge is 0.268 e. The number of benzene rings is 2. The van der Waals surface area contributed by atoms with E-state index in [1.54, 1.807) is 18.6 Å². The molecule has 0 spiro atoms. The third kappa shape index (κ3) is 3.94. The van der Waals surface area contributed by atoms with Crippen molar-refractivity contribution in [3.63, 3.8) is 0 Å². The van der Waals surface area contributed by atoms with Crippen LogP contribution in [0.3, 0.4) is 0 Å². The SMILES string of the molecule is COc1ccccc1[C@H]1CCN(CCCCn2sc3ccccc3c2=O)C1. The van der Waals surface area contributed by atoms with E-state index in [2.05, 4.69) is 23.1 Å². The summed E-state index contributed by atoms with van der Waals surface area (Å²) in [4.78, 5) is 14.9. The van der Waals surface area contributed by atoms with Gasteiger partial charge in [-0.3, -0.25) is 8.75 Å². The van der Waals surface area contributed by atoms with Gasteiger partial charge in [0.1, 0.15) is 5.75 Å². The quantitative estimate of drug-likeness (QED) is 0.570. The summed E-state index contributed by atoms with van der Waals surface area (Å²) in [6, 6.07) is 16.3. The summed E-state index contributed by atoms with van der Waals surface area (Å²) >= 11 is 1.59. The van der Waals surface area contributed by atoms with Crippen molar-refractivity contribution in [1.29, 1.82) is 0 Å². The lowest BCUT2D eigenvalue weighted by molar-refractivity contribution is 0.322. The molecular formula is C22H26N2O2S. The van der Waals surface area contributed by atoms with E-state index in [1.165, 1.54) is 12.0 Å². The third-order valence-corrected chi connectivity index (χ3v) is 6.61. The monoisotopic (exact) mass is 382 g/mol. The maximum atomic E-state index is 12.4. The number of nitrogens with zero attached hydrogens (tertiary/aromatic N) is 2. The molecule has 2 aromatic carbocycles. The van der Waals surface area contributed by atoms with Crippen LogP contribution >= 0.6 is 11.5 Å². The van der Waals surface area contributed by atoms with Crippen molar-refractivity contribution in [2.45, 2.75) is 31.7 Å². The van der Waals surface area contributed by atoms with E-state index < -0.39 is 0 Å². The predicted octanol–water partition coefficient (Wildman–Crippen LogP) is 4.34. The Labute approximate surface area is 164 Å². The second-order valence-corrected chi connectivity index (χ2v) is 8.29. The minimum Gasteiger partial charge on any atom is -0.496 e. The summed E-state index contributed by atoms with van der Waals surface area (Å²) in [6.45, 7) is 4.17. The van der Waals surface area contributed by atoms with Gasteiger partial charge in [-0.15, -0.1) is 0 Å². The van der Waals surface area contributed by atoms with Gasteiger partial charge in [-0.2, -0.15) is 0 Å². The van der Waals surface area contributed by atoms with Crippen LogP contribution in [-0.2, 0) is 6.54 Å². The number of likely N-dealkylation sites (tertiary alicyclic amines) is 1. The second kappa shape index (κ2) is 8.28. The second-order valence-electron chi connectivity index (χ2n) is 7.23. The van der Waals surface area contributed by atoms with Crippen molar-refractivity contribution in [1.82, 2.24) is 8.86 Å². The lowest BCUT2D eigenvalue weighted by atomic mass is 9.97. The Hall–Kier alpha value is -2.11. The van der Waals surface area contributed by atoms with Crippen molar-refractivity contribution < 1.29 is 4.74 Å². The Morgan fingerprint density at radius 1 is 1.07 bits per heavy atom. The molecule has 1 saturated heterocycles. The molecule has 1 atom stereocenters. The fourth-order valence-electron chi connectivity index (χ4n) is 4.05. The predicted molar refractivity (Wildman–Crippen MR) is 112 cm³/mol. The fraction of sp³-hybridized carbons (Fsp3) is 0.409. The van der Waals surface area contributed by atoms with Gasteiger partial charge in [0, 0.05) is 19.0 Å². The van der Waals surface area contributed by atoms with Gasteiger partial charge in [-0.1, -0.05) is 41.9 Å². The highest BCUT2D eigenvalue weighted by Crippen LogP contribution is 2.33. The normalized spacial score (nSPS) is 17.6. The van der Waals surface area contributed by atoms with Gasteiger partial charge in [-0.25, -0.2) is 0 Å². The van der Waals surface area contributed by atoms with Crippen LogP contribution in [0.5, 0.6) is 5.75 Å². The molecule has 2 heterocycles. The fourth-order valence-corrected chi connectivity index (χ4v) is 5.08. The van der Waals surface area contributed by atoms with Crippen molar-refractivity contribution in [2.24, 2.45) is 0 Å². The standard InChI is InChI=1S/C22H26N2O2S/c1-26-20-10-4-2-8-18(20)17-12-15-23(16-17)13-6-7-14-24-22(25)19-9-3-5-11-21(19)27-24/h2-5,8-11,17H,6-7,12-16H2,1H3/t17-/m0/s1. The number of aromatic nitrogens is 1. The Morgan fingerprint density at radius 2 is 1.85 bits per heavy atom. The summed E-state index contributed by atoms with van der Waals surface area (Å²) in [5, 5.41) is 0.849. The molecule has 3 aromatic rings. The molecular weight excluding hydrogens is 356 g/mol. The lowest BCUT2D eigenvalue weighted by Gasteiger charge is -2.17. The van der Waals surface area contributed by atoms with Crippen molar-refractivity contribution >= 4 is 21.6 Å². The molecule has 0 saturated carbocycles. The molecule has 0 N–H and O–H groups in total. The number of hydrogen-bond donors (Lipinski definition) is 0. The van der Waals surface area contributed by atoms with Crippen molar-refractivity contribution in [3.05, 3.63) is 64.4 Å². The van der Waals surface area contributed by atoms with Gasteiger partial charge in [0.05, 0.1) is 17.2 Å². The van der Waals surface area contributed by atoms with E-state index in [0.29, 0.717) is 5.92 Å². The number of hydrogen-bond acceptors (Lipinski definition) is 4. The topological polar surface area (TPSA) is 34.5 Å². The molecule has 4 rings (SSSR count). The number of para-hydroxylation sites is 1. The minimum absolute atomic E-state index is 0.160. The van der Waals surface area contributed by atoms with E-state index >= 15 is 0 Å². The number of unbranched alkanes of at least 4 members (excludes halogenated alkanes) is 1. The van der Waals surface area contributed by atoms with Gasteiger partial charge in [0.25, 0.3) is 5.56 Å². The zero-order chi connectivity index (χ0) is 18.6. The first-order valence-electron chi connectivity index (χ1n) is 9.70. The highest BCUT2D eigenvalue weighted by atomic mass is 32.1. The van der Waals surface area contributed by atoms with Crippen LogP contribution in [0, 0.1) is 0 Å². The first-order valence-corrected chi connectivity index (χ1v) is 10.5. The van der Waals surface area contributed by atoms with E-state index in [0.717, 1.165) is 54.9 Å². The number of aryl methyl sites for hydroxylation is 1. The molecule has 5 heteroatoms. The van der Waals surface area contributed by atoms with E-state index in [9.17, 15) is 4.79 Å². The average molecular weight is 383 g/mol. The van der Waals surface area contributed by atoms with Crippen LogP contribution in [0.15, 0.2) is 53.3 Å². The largest absolute Gasteiger partial charge is 0.496 e. The minimum atomic E-state index is 0.160. The molecule has 1 aromatic heterocycles. The Kier molecular flexibility index (Phi) is 5.60. The summed E-state index contributed by atoms with van der Waals surface area (Å²) < 4.78 is 8.52. The Morgan fingerprint density at radius 3 is 2.70 bits per heavy atom. The average Bonchev–Trinajstić information content (AvgIpc) is 3.30. The third-order valence-electron chi connectivity index (χ3n) is 5.49. The molecule has 1 aliphatic rings. The molecule has 27 heavy (non-hydrogen) atoms. The van der Waals surface area contributed by atoms with Gasteiger partial charge in [-0.05, 0) is 56.1 Å². The molecule has 1 fully saturated rings. The number of fused-ring (bicyclic) bond motifs is 1. The highest BCUT2D eigenvalue weighted by molar-refractivity contribution is 7.13. The maximum absolute atomic E-state index is 12.4. The van der Waals surface area contributed by atoms with E-state index in [4.69, 9.17) is 4.74 Å². The molecule has 1 aliphatic heterocycles. The van der Waals surface area contributed by atoms with Gasteiger partial charge in [0.15, 0.2) is 0 Å². The Balaban J connectivity index is 1.27. The molecule has 4 nitrogen and oxygen atoms in total. The van der Waals surface area contributed by atoms with E-state index in [-0.39, 0.29) is 5.56 Å². The summed E-state index contributed by atoms with van der Waals surface area (Å²) in [5.74, 6) is 1.57. The lowest BCUT2D eigenvalue weighted by Crippen LogP contribution is -2.22. The molecule has 0 amide bonds. The van der Waals surface area contributed by atoms with Crippen molar-refractivity contribution in [2.75, 3.05) is 26.7 Å². The molecule has 142 valence electrons. The van der Waals surface area contributed by atoms with Crippen LogP contribution < -0.4 is 10.3 Å². The molecule has 0 radical (unpaired) electrons. The van der Waals surface area contributed by atoms with Gasteiger partial charge < -0.3 is 9.64 Å².